The molecule has 0 spiro atoms. The second kappa shape index (κ2) is 5.78. The fourth-order valence-electron chi connectivity index (χ4n) is 2.57. The van der Waals surface area contributed by atoms with Gasteiger partial charge in [0.2, 0.25) is 0 Å². The highest BCUT2D eigenvalue weighted by Crippen LogP contribution is 2.26. The zero-order valence-corrected chi connectivity index (χ0v) is 12.5. The average molecular weight is 281 g/mol. The highest BCUT2D eigenvalue weighted by atomic mass is 32.1. The van der Waals surface area contributed by atoms with Gasteiger partial charge in [-0.2, -0.15) is 0 Å². The molecule has 1 unspecified atom stereocenters. The number of rotatable bonds is 4. The van der Waals surface area contributed by atoms with Crippen molar-refractivity contribution in [2.45, 2.75) is 25.8 Å². The zero-order chi connectivity index (χ0) is 13.9. The third-order valence-corrected chi connectivity index (χ3v) is 4.67. The van der Waals surface area contributed by atoms with Crippen molar-refractivity contribution in [2.75, 3.05) is 0 Å². The van der Waals surface area contributed by atoms with Crippen molar-refractivity contribution in [3.63, 3.8) is 0 Å². The molecule has 2 aromatic carbocycles. The van der Waals surface area contributed by atoms with Gasteiger partial charge >= 0.3 is 0 Å². The maximum absolute atomic E-state index is 6.33. The highest BCUT2D eigenvalue weighted by Gasteiger charge is 2.09. The van der Waals surface area contributed by atoms with Crippen molar-refractivity contribution in [1.82, 2.24) is 0 Å². The molecule has 3 rings (SSSR count). The summed E-state index contributed by atoms with van der Waals surface area (Å²) in [5, 5.41) is 3.61. The molecule has 0 amide bonds. The molecule has 2 heteroatoms. The molecule has 2 N–H and O–H groups in total. The zero-order valence-electron chi connectivity index (χ0n) is 11.7. The topological polar surface area (TPSA) is 26.0 Å². The van der Waals surface area contributed by atoms with Crippen LogP contribution in [0.1, 0.15) is 16.7 Å². The Labute approximate surface area is 124 Å². The van der Waals surface area contributed by atoms with Crippen LogP contribution < -0.4 is 5.73 Å². The van der Waals surface area contributed by atoms with Gasteiger partial charge in [-0.25, -0.2) is 0 Å². The van der Waals surface area contributed by atoms with E-state index < -0.39 is 0 Å². The van der Waals surface area contributed by atoms with Gasteiger partial charge < -0.3 is 5.73 Å². The Morgan fingerprint density at radius 1 is 1.00 bits per heavy atom. The molecule has 0 aliphatic rings. The Bertz CT molecular complexity index is 697. The van der Waals surface area contributed by atoms with Crippen molar-refractivity contribution >= 4 is 21.4 Å². The molecule has 1 heterocycles. The quantitative estimate of drug-likeness (QED) is 0.757. The van der Waals surface area contributed by atoms with Crippen molar-refractivity contribution in [2.24, 2.45) is 5.73 Å². The molecule has 1 atom stereocenters. The van der Waals surface area contributed by atoms with E-state index in [0.29, 0.717) is 0 Å². The molecule has 1 aromatic heterocycles. The minimum Gasteiger partial charge on any atom is -0.327 e. The first-order valence-corrected chi connectivity index (χ1v) is 7.86. The normalized spacial score (nSPS) is 12.7. The van der Waals surface area contributed by atoms with Crippen LogP contribution in [0.2, 0.25) is 0 Å². The standard InChI is InChI=1S/C18H19NS/c1-13-6-8-14(9-7-13)10-16(19)11-15-12-20-18-5-3-2-4-17(15)18/h2-9,12,16H,10-11,19H2,1H3. The molecule has 20 heavy (non-hydrogen) atoms. The van der Waals surface area contributed by atoms with Gasteiger partial charge in [-0.15, -0.1) is 11.3 Å². The van der Waals surface area contributed by atoms with E-state index in [9.17, 15) is 0 Å². The first kappa shape index (κ1) is 13.3. The minimum absolute atomic E-state index is 0.177. The van der Waals surface area contributed by atoms with E-state index in [1.165, 1.54) is 26.8 Å². The van der Waals surface area contributed by atoms with Crippen molar-refractivity contribution < 1.29 is 0 Å². The number of fused-ring (bicyclic) bond motifs is 1. The molecular weight excluding hydrogens is 262 g/mol. The number of thiophene rings is 1. The molecule has 0 aliphatic heterocycles. The fraction of sp³-hybridized carbons (Fsp3) is 0.222. The molecule has 3 aromatic rings. The number of aryl methyl sites for hydroxylation is 1. The molecule has 0 aliphatic carbocycles. The van der Waals surface area contributed by atoms with E-state index in [0.717, 1.165) is 12.8 Å². The van der Waals surface area contributed by atoms with Crippen LogP contribution in [-0.4, -0.2) is 6.04 Å². The predicted molar refractivity (Wildman–Crippen MR) is 88.4 cm³/mol. The second-order valence-corrected chi connectivity index (χ2v) is 6.32. The average Bonchev–Trinajstić information content (AvgIpc) is 2.85. The van der Waals surface area contributed by atoms with Crippen molar-refractivity contribution in [1.29, 1.82) is 0 Å². The van der Waals surface area contributed by atoms with E-state index in [-0.39, 0.29) is 6.04 Å². The molecule has 0 fully saturated rings. The van der Waals surface area contributed by atoms with E-state index in [2.05, 4.69) is 60.8 Å². The molecule has 102 valence electrons. The number of benzene rings is 2. The lowest BCUT2D eigenvalue weighted by Crippen LogP contribution is -2.25. The lowest BCUT2D eigenvalue weighted by molar-refractivity contribution is 0.668. The first-order valence-electron chi connectivity index (χ1n) is 6.98. The van der Waals surface area contributed by atoms with Crippen LogP contribution in [0.4, 0.5) is 0 Å². The lowest BCUT2D eigenvalue weighted by atomic mass is 9.99. The first-order chi connectivity index (χ1) is 9.72. The maximum atomic E-state index is 6.33. The maximum Gasteiger partial charge on any atom is 0.0345 e. The largest absolute Gasteiger partial charge is 0.327 e. The molecular formula is C18H19NS. The second-order valence-electron chi connectivity index (χ2n) is 5.41. The third kappa shape index (κ3) is 2.92. The van der Waals surface area contributed by atoms with Gasteiger partial charge in [0.15, 0.2) is 0 Å². The van der Waals surface area contributed by atoms with Gasteiger partial charge in [0, 0.05) is 10.7 Å². The Hall–Kier alpha value is -1.64. The van der Waals surface area contributed by atoms with E-state index in [4.69, 9.17) is 5.73 Å². The fourth-order valence-corrected chi connectivity index (χ4v) is 3.55. The Morgan fingerprint density at radius 3 is 2.55 bits per heavy atom. The van der Waals surface area contributed by atoms with Crippen LogP contribution in [0, 0.1) is 6.92 Å². The smallest absolute Gasteiger partial charge is 0.0345 e. The summed E-state index contributed by atoms with van der Waals surface area (Å²) in [6.45, 7) is 2.11. The van der Waals surface area contributed by atoms with Gasteiger partial charge in [0.1, 0.15) is 0 Å². The predicted octanol–water partition coefficient (Wildman–Crippen LogP) is 4.32. The number of nitrogens with two attached hydrogens (primary N) is 1. The summed E-state index contributed by atoms with van der Waals surface area (Å²) in [7, 11) is 0. The van der Waals surface area contributed by atoms with E-state index in [1.807, 2.05) is 11.3 Å². The van der Waals surface area contributed by atoms with Crippen LogP contribution >= 0.6 is 11.3 Å². The summed E-state index contributed by atoms with van der Waals surface area (Å²) in [5.41, 5.74) is 10.3. The third-order valence-electron chi connectivity index (χ3n) is 3.66. The van der Waals surface area contributed by atoms with Crippen molar-refractivity contribution in [3.8, 4) is 0 Å². The van der Waals surface area contributed by atoms with Crippen molar-refractivity contribution in [3.05, 3.63) is 70.6 Å². The van der Waals surface area contributed by atoms with Gasteiger partial charge in [-0.3, -0.25) is 0 Å². The molecule has 0 radical (unpaired) electrons. The van der Waals surface area contributed by atoms with Gasteiger partial charge in [-0.05, 0) is 47.7 Å². The summed E-state index contributed by atoms with van der Waals surface area (Å²) < 4.78 is 1.35. The SMILES string of the molecule is Cc1ccc(CC(N)Cc2csc3ccccc23)cc1. The summed E-state index contributed by atoms with van der Waals surface area (Å²) >= 11 is 1.81. The minimum atomic E-state index is 0.177. The summed E-state index contributed by atoms with van der Waals surface area (Å²) in [5.74, 6) is 0. The molecule has 0 saturated heterocycles. The molecule has 1 nitrogen and oxygen atoms in total. The number of hydrogen-bond acceptors (Lipinski definition) is 2. The number of hydrogen-bond donors (Lipinski definition) is 1. The Morgan fingerprint density at radius 2 is 1.75 bits per heavy atom. The Balaban J connectivity index is 1.72. The van der Waals surface area contributed by atoms with E-state index in [1.54, 1.807) is 0 Å². The summed E-state index contributed by atoms with van der Waals surface area (Å²) in [6.07, 6.45) is 1.88. The lowest BCUT2D eigenvalue weighted by Gasteiger charge is -2.11. The van der Waals surface area contributed by atoms with Crippen LogP contribution in [-0.2, 0) is 12.8 Å². The summed E-state index contributed by atoms with van der Waals surface area (Å²) in [4.78, 5) is 0. The van der Waals surface area contributed by atoms with Gasteiger partial charge in [-0.1, -0.05) is 48.0 Å². The molecule has 0 bridgehead atoms. The van der Waals surface area contributed by atoms with Crippen LogP contribution in [0.15, 0.2) is 53.9 Å². The van der Waals surface area contributed by atoms with Crippen LogP contribution in [0.5, 0.6) is 0 Å². The van der Waals surface area contributed by atoms with Crippen LogP contribution in [0.3, 0.4) is 0 Å². The Kier molecular flexibility index (Phi) is 3.86. The highest BCUT2D eigenvalue weighted by molar-refractivity contribution is 7.17. The summed E-state index contributed by atoms with van der Waals surface area (Å²) in [6, 6.07) is 17.4. The monoisotopic (exact) mass is 281 g/mol. The van der Waals surface area contributed by atoms with Gasteiger partial charge in [0.05, 0.1) is 0 Å². The molecule has 0 saturated carbocycles. The van der Waals surface area contributed by atoms with Gasteiger partial charge in [0.25, 0.3) is 0 Å². The van der Waals surface area contributed by atoms with E-state index >= 15 is 0 Å². The van der Waals surface area contributed by atoms with Crippen LogP contribution in [0.25, 0.3) is 10.1 Å².